The molecule has 5 nitrogen and oxygen atoms in total. The standard InChI is InChI=1S/C67H118O5/c1-3-5-7-9-11-13-15-17-19-21-23-25-27-28-29-30-31-32-33-34-35-36-37-38-40-41-43-45-47-49-51-53-55-57-59-61-66(69)71-64-65(63-68)72-67(70)62-60-58-56-54-52-50-48-46-44-42-39-26-24-22-20-18-16-14-12-10-8-6-4-2/h6,8,12,14,18,20-21,23-24,26,42,44,48,50,65,68H,3-5,7,9-11,13,15-17,19,22,25,27-41,43,45-47,49,51-64H2,1-2H3/b8-6-,14-12-,20-18-,23-21-,26-24-,44-42-,50-48-. The molecule has 0 aromatic carbocycles. The van der Waals surface area contributed by atoms with E-state index in [1.54, 1.807) is 0 Å². The van der Waals surface area contributed by atoms with Crippen LogP contribution in [0, 0.1) is 0 Å². The van der Waals surface area contributed by atoms with Gasteiger partial charge in [-0.2, -0.15) is 0 Å². The zero-order chi connectivity index (χ0) is 52.0. The Morgan fingerprint density at radius 2 is 0.597 bits per heavy atom. The minimum absolute atomic E-state index is 0.0778. The van der Waals surface area contributed by atoms with Gasteiger partial charge in [0.05, 0.1) is 6.61 Å². The number of aliphatic hydroxyl groups is 1. The van der Waals surface area contributed by atoms with Crippen molar-refractivity contribution in [2.75, 3.05) is 13.2 Å². The third-order valence-electron chi connectivity index (χ3n) is 13.7. The van der Waals surface area contributed by atoms with Gasteiger partial charge in [0, 0.05) is 12.8 Å². The highest BCUT2D eigenvalue weighted by molar-refractivity contribution is 5.70. The monoisotopic (exact) mass is 1000 g/mol. The third kappa shape index (κ3) is 59.6. The Morgan fingerprint density at radius 3 is 0.917 bits per heavy atom. The van der Waals surface area contributed by atoms with Crippen LogP contribution in [0.1, 0.15) is 309 Å². The van der Waals surface area contributed by atoms with Crippen molar-refractivity contribution in [2.45, 2.75) is 315 Å². The van der Waals surface area contributed by atoms with Crippen molar-refractivity contribution in [1.29, 1.82) is 0 Å². The van der Waals surface area contributed by atoms with Gasteiger partial charge in [-0.1, -0.05) is 292 Å². The number of hydrogen-bond acceptors (Lipinski definition) is 5. The summed E-state index contributed by atoms with van der Waals surface area (Å²) in [6.07, 6.45) is 87.3. The first kappa shape index (κ1) is 69.1. The van der Waals surface area contributed by atoms with Gasteiger partial charge in [0.1, 0.15) is 6.61 Å². The minimum atomic E-state index is -0.790. The first-order valence-corrected chi connectivity index (χ1v) is 31.1. The van der Waals surface area contributed by atoms with E-state index in [0.717, 1.165) is 89.9 Å². The largest absolute Gasteiger partial charge is 0.462 e. The van der Waals surface area contributed by atoms with E-state index in [4.69, 9.17) is 9.47 Å². The smallest absolute Gasteiger partial charge is 0.306 e. The number of carbonyl (C=O) groups is 2. The first-order valence-electron chi connectivity index (χ1n) is 31.1. The Kier molecular flexibility index (Phi) is 59.8. The number of unbranched alkanes of at least 4 members (excludes halogenated alkanes) is 35. The van der Waals surface area contributed by atoms with Crippen LogP contribution in [0.4, 0.5) is 0 Å². The maximum absolute atomic E-state index is 12.3. The molecule has 0 aliphatic heterocycles. The fourth-order valence-corrected chi connectivity index (χ4v) is 9.03. The molecule has 1 atom stereocenters. The normalized spacial score (nSPS) is 12.8. The molecule has 0 aromatic rings. The molecule has 0 saturated carbocycles. The highest BCUT2D eigenvalue weighted by Crippen LogP contribution is 2.17. The highest BCUT2D eigenvalue weighted by Gasteiger charge is 2.16. The van der Waals surface area contributed by atoms with Crippen molar-refractivity contribution < 1.29 is 24.2 Å². The van der Waals surface area contributed by atoms with Crippen LogP contribution < -0.4 is 0 Å². The zero-order valence-corrected chi connectivity index (χ0v) is 47.7. The number of rotatable bonds is 57. The van der Waals surface area contributed by atoms with Crippen LogP contribution in [0.2, 0.25) is 0 Å². The third-order valence-corrected chi connectivity index (χ3v) is 13.7. The van der Waals surface area contributed by atoms with Gasteiger partial charge in [-0.05, 0) is 89.9 Å². The molecular weight excluding hydrogens is 885 g/mol. The second-order valence-corrected chi connectivity index (χ2v) is 20.8. The second kappa shape index (κ2) is 62.4. The van der Waals surface area contributed by atoms with Crippen LogP contribution in [0.15, 0.2) is 85.1 Å². The van der Waals surface area contributed by atoms with Crippen molar-refractivity contribution in [3.8, 4) is 0 Å². The lowest BCUT2D eigenvalue weighted by Crippen LogP contribution is -2.28. The average molecular weight is 1000 g/mol. The number of ether oxygens (including phenoxy) is 2. The van der Waals surface area contributed by atoms with Gasteiger partial charge >= 0.3 is 11.9 Å². The Balaban J connectivity index is 3.46. The lowest BCUT2D eigenvalue weighted by Gasteiger charge is -2.15. The van der Waals surface area contributed by atoms with E-state index >= 15 is 0 Å². The molecule has 0 heterocycles. The van der Waals surface area contributed by atoms with Crippen molar-refractivity contribution >= 4 is 11.9 Å². The van der Waals surface area contributed by atoms with Crippen LogP contribution in [-0.4, -0.2) is 36.4 Å². The summed E-state index contributed by atoms with van der Waals surface area (Å²) < 4.78 is 10.7. The van der Waals surface area contributed by atoms with Gasteiger partial charge < -0.3 is 14.6 Å². The summed E-state index contributed by atoms with van der Waals surface area (Å²) in [5, 5.41) is 9.66. The molecule has 0 bridgehead atoms. The number of allylic oxidation sites excluding steroid dienone is 14. The highest BCUT2D eigenvalue weighted by atomic mass is 16.6. The molecule has 0 spiro atoms. The van der Waals surface area contributed by atoms with E-state index < -0.39 is 6.10 Å². The van der Waals surface area contributed by atoms with Crippen molar-refractivity contribution in [3.05, 3.63) is 85.1 Å². The van der Waals surface area contributed by atoms with Gasteiger partial charge in [-0.15, -0.1) is 0 Å². The Morgan fingerprint density at radius 1 is 0.333 bits per heavy atom. The van der Waals surface area contributed by atoms with Crippen LogP contribution in [0.5, 0.6) is 0 Å². The summed E-state index contributed by atoms with van der Waals surface area (Å²) in [4.78, 5) is 24.6. The summed E-state index contributed by atoms with van der Waals surface area (Å²) in [5.41, 5.74) is 0. The Labute approximate surface area is 447 Å². The summed E-state index contributed by atoms with van der Waals surface area (Å²) in [5.74, 6) is -0.612. The Bertz CT molecular complexity index is 1320. The van der Waals surface area contributed by atoms with E-state index in [9.17, 15) is 14.7 Å². The molecule has 0 saturated heterocycles. The molecule has 5 heteroatoms. The maximum atomic E-state index is 12.3. The average Bonchev–Trinajstić information content (AvgIpc) is 3.38. The minimum Gasteiger partial charge on any atom is -0.462 e. The van der Waals surface area contributed by atoms with Gasteiger partial charge in [0.25, 0.3) is 0 Å². The van der Waals surface area contributed by atoms with Crippen LogP contribution >= 0.6 is 0 Å². The van der Waals surface area contributed by atoms with Crippen LogP contribution in [-0.2, 0) is 19.1 Å². The molecule has 0 amide bonds. The molecule has 0 rings (SSSR count). The predicted molar refractivity (Wildman–Crippen MR) is 316 cm³/mol. The van der Waals surface area contributed by atoms with Gasteiger partial charge in [0.2, 0.25) is 0 Å². The number of carbonyl (C=O) groups excluding carboxylic acids is 2. The van der Waals surface area contributed by atoms with E-state index in [1.165, 1.54) is 193 Å². The lowest BCUT2D eigenvalue weighted by atomic mass is 10.0. The molecule has 0 aromatic heterocycles. The lowest BCUT2D eigenvalue weighted by molar-refractivity contribution is -0.161. The molecule has 1 unspecified atom stereocenters. The van der Waals surface area contributed by atoms with E-state index in [2.05, 4.69) is 98.9 Å². The number of aliphatic hydroxyl groups excluding tert-OH is 1. The van der Waals surface area contributed by atoms with E-state index in [0.29, 0.717) is 12.8 Å². The molecular formula is C67H118O5. The summed E-state index contributed by atoms with van der Waals surface area (Å²) in [7, 11) is 0. The summed E-state index contributed by atoms with van der Waals surface area (Å²) in [6.45, 7) is 4.03. The van der Waals surface area contributed by atoms with Gasteiger partial charge in [-0.25, -0.2) is 0 Å². The van der Waals surface area contributed by atoms with Crippen molar-refractivity contribution in [2.24, 2.45) is 0 Å². The van der Waals surface area contributed by atoms with Gasteiger partial charge in [0.15, 0.2) is 6.10 Å². The fraction of sp³-hybridized carbons (Fsp3) is 0.761. The molecule has 0 aliphatic rings. The van der Waals surface area contributed by atoms with Crippen LogP contribution in [0.25, 0.3) is 0 Å². The second-order valence-electron chi connectivity index (χ2n) is 20.8. The summed E-state index contributed by atoms with van der Waals surface area (Å²) >= 11 is 0. The van der Waals surface area contributed by atoms with Crippen molar-refractivity contribution in [3.63, 3.8) is 0 Å². The van der Waals surface area contributed by atoms with Crippen molar-refractivity contribution in [1.82, 2.24) is 0 Å². The van der Waals surface area contributed by atoms with E-state index in [1.807, 2.05) is 0 Å². The number of esters is 2. The predicted octanol–water partition coefficient (Wildman–Crippen LogP) is 21.3. The molecule has 1 N–H and O–H groups in total. The first-order chi connectivity index (χ1) is 35.6. The van der Waals surface area contributed by atoms with Gasteiger partial charge in [-0.3, -0.25) is 9.59 Å². The molecule has 416 valence electrons. The Hall–Kier alpha value is -2.92. The molecule has 72 heavy (non-hydrogen) atoms. The van der Waals surface area contributed by atoms with E-state index in [-0.39, 0.29) is 25.2 Å². The molecule has 0 fully saturated rings. The fourth-order valence-electron chi connectivity index (χ4n) is 9.03. The van der Waals surface area contributed by atoms with Crippen LogP contribution in [0.3, 0.4) is 0 Å². The topological polar surface area (TPSA) is 72.8 Å². The molecule has 0 aliphatic carbocycles. The zero-order valence-electron chi connectivity index (χ0n) is 47.7. The number of hydrogen-bond donors (Lipinski definition) is 1. The molecule has 0 radical (unpaired) electrons. The SMILES string of the molecule is CC/C=C\C/C=C\C/C=C\C/C=C\C/C=C\C/C=C\CCCCCCC(=O)OC(CO)COC(=O)CCCCCCCCCCCCCCCCCCCCCCCCC/C=C\CCCCCCCCCC. The quantitative estimate of drug-likeness (QED) is 0.0373. The maximum Gasteiger partial charge on any atom is 0.306 e. The summed E-state index contributed by atoms with van der Waals surface area (Å²) in [6, 6.07) is 0.